The molecule has 1 aromatic rings. The zero-order chi connectivity index (χ0) is 13.3. The summed E-state index contributed by atoms with van der Waals surface area (Å²) < 4.78 is 0. The molecule has 1 aromatic carbocycles. The predicted molar refractivity (Wildman–Crippen MR) is 79.1 cm³/mol. The lowest BCUT2D eigenvalue weighted by Crippen LogP contribution is -2.49. The van der Waals surface area contributed by atoms with Crippen molar-refractivity contribution >= 4 is 0 Å². The van der Waals surface area contributed by atoms with E-state index in [2.05, 4.69) is 37.3 Å². The molecule has 0 bridgehead atoms. The number of hydrogen-bond donors (Lipinski definition) is 1. The molecule has 1 N–H and O–H groups in total. The second-order valence-electron chi connectivity index (χ2n) is 6.85. The largest absolute Gasteiger partial charge is 0.392 e. The molecule has 0 aliphatic heterocycles. The van der Waals surface area contributed by atoms with Gasteiger partial charge >= 0.3 is 0 Å². The normalized spacial score (nSPS) is 31.5. The van der Waals surface area contributed by atoms with E-state index in [1.165, 1.54) is 50.5 Å². The molecule has 104 valence electrons. The molecule has 0 amide bonds. The molecule has 2 fully saturated rings. The summed E-state index contributed by atoms with van der Waals surface area (Å²) in [6.07, 6.45) is 8.57. The van der Waals surface area contributed by atoms with Gasteiger partial charge in [0.1, 0.15) is 0 Å². The fraction of sp³-hybridized carbons (Fsp3) is 0.667. The molecule has 3 rings (SSSR count). The van der Waals surface area contributed by atoms with Gasteiger partial charge in [-0.3, -0.25) is 0 Å². The molecule has 1 heteroatoms. The minimum absolute atomic E-state index is 0.0724. The van der Waals surface area contributed by atoms with Crippen LogP contribution in [0.1, 0.15) is 57.4 Å². The summed E-state index contributed by atoms with van der Waals surface area (Å²) in [4.78, 5) is 0. The Hall–Kier alpha value is -0.820. The van der Waals surface area contributed by atoms with Crippen LogP contribution in [0.5, 0.6) is 0 Å². The minimum Gasteiger partial charge on any atom is -0.392 e. The molecule has 0 aromatic heterocycles. The molecular weight excluding hydrogens is 232 g/mol. The molecule has 19 heavy (non-hydrogen) atoms. The summed E-state index contributed by atoms with van der Waals surface area (Å²) in [5, 5.41) is 11.0. The Bertz CT molecular complexity index is 407. The van der Waals surface area contributed by atoms with Crippen LogP contribution >= 0.6 is 0 Å². The summed E-state index contributed by atoms with van der Waals surface area (Å²) in [5.74, 6) is 1.31. The molecular formula is C18H26O. The van der Waals surface area contributed by atoms with Crippen molar-refractivity contribution in [3.05, 3.63) is 35.9 Å². The van der Waals surface area contributed by atoms with Crippen molar-refractivity contribution < 1.29 is 5.11 Å². The second-order valence-corrected chi connectivity index (χ2v) is 6.85. The molecule has 3 atom stereocenters. The van der Waals surface area contributed by atoms with E-state index in [1.54, 1.807) is 0 Å². The monoisotopic (exact) mass is 258 g/mol. The van der Waals surface area contributed by atoms with Gasteiger partial charge in [0.15, 0.2) is 0 Å². The van der Waals surface area contributed by atoms with Gasteiger partial charge in [-0.25, -0.2) is 0 Å². The predicted octanol–water partition coefficient (Wildman–Crippen LogP) is 4.30. The van der Waals surface area contributed by atoms with Crippen LogP contribution in [0.3, 0.4) is 0 Å². The Kier molecular flexibility index (Phi) is 3.66. The first-order chi connectivity index (χ1) is 9.22. The van der Waals surface area contributed by atoms with Crippen molar-refractivity contribution in [3.63, 3.8) is 0 Å². The Morgan fingerprint density at radius 3 is 2.42 bits per heavy atom. The molecule has 2 aliphatic rings. The van der Waals surface area contributed by atoms with E-state index in [1.807, 2.05) is 0 Å². The lowest BCUT2D eigenvalue weighted by atomic mass is 9.57. The van der Waals surface area contributed by atoms with Gasteiger partial charge in [0.05, 0.1) is 6.10 Å². The molecule has 0 saturated heterocycles. The van der Waals surface area contributed by atoms with Crippen molar-refractivity contribution in [2.45, 2.75) is 63.4 Å². The summed E-state index contributed by atoms with van der Waals surface area (Å²) >= 11 is 0. The van der Waals surface area contributed by atoms with Crippen LogP contribution in [-0.4, -0.2) is 11.2 Å². The van der Waals surface area contributed by atoms with E-state index in [-0.39, 0.29) is 11.5 Å². The Morgan fingerprint density at radius 2 is 1.84 bits per heavy atom. The molecule has 0 spiro atoms. The second kappa shape index (κ2) is 5.28. The zero-order valence-corrected chi connectivity index (χ0v) is 12.0. The maximum Gasteiger partial charge on any atom is 0.0664 e. The van der Waals surface area contributed by atoms with E-state index >= 15 is 0 Å². The summed E-state index contributed by atoms with van der Waals surface area (Å²) in [7, 11) is 0. The molecule has 3 unspecified atom stereocenters. The highest BCUT2D eigenvalue weighted by Crippen LogP contribution is 2.50. The highest BCUT2D eigenvalue weighted by molar-refractivity contribution is 5.30. The van der Waals surface area contributed by atoms with Crippen molar-refractivity contribution in [3.8, 4) is 0 Å². The van der Waals surface area contributed by atoms with E-state index in [0.29, 0.717) is 5.92 Å². The quantitative estimate of drug-likeness (QED) is 0.857. The van der Waals surface area contributed by atoms with Gasteiger partial charge in [0, 0.05) is 5.41 Å². The van der Waals surface area contributed by atoms with Crippen molar-refractivity contribution in [2.24, 2.45) is 11.8 Å². The van der Waals surface area contributed by atoms with E-state index in [9.17, 15) is 5.11 Å². The van der Waals surface area contributed by atoms with Crippen molar-refractivity contribution in [1.82, 2.24) is 0 Å². The summed E-state index contributed by atoms with van der Waals surface area (Å²) in [6, 6.07) is 10.7. The van der Waals surface area contributed by atoms with Gasteiger partial charge in [0.2, 0.25) is 0 Å². The van der Waals surface area contributed by atoms with Gasteiger partial charge in [0.25, 0.3) is 0 Å². The van der Waals surface area contributed by atoms with Crippen LogP contribution < -0.4 is 0 Å². The third kappa shape index (κ3) is 2.33. The van der Waals surface area contributed by atoms with Gasteiger partial charge in [-0.15, -0.1) is 0 Å². The SMILES string of the molecule is CC1CCCC(C(O)C2(c3ccccc3)CCC2)C1. The summed E-state index contributed by atoms with van der Waals surface area (Å²) in [5.41, 5.74) is 1.44. The summed E-state index contributed by atoms with van der Waals surface area (Å²) in [6.45, 7) is 2.34. The molecule has 0 radical (unpaired) electrons. The van der Waals surface area contributed by atoms with Crippen LogP contribution in [0.4, 0.5) is 0 Å². The topological polar surface area (TPSA) is 20.2 Å². The number of aliphatic hydroxyl groups excluding tert-OH is 1. The van der Waals surface area contributed by atoms with Gasteiger partial charge < -0.3 is 5.11 Å². The Balaban J connectivity index is 1.82. The average molecular weight is 258 g/mol. The van der Waals surface area contributed by atoms with Crippen LogP contribution in [0.15, 0.2) is 30.3 Å². The molecule has 2 saturated carbocycles. The Morgan fingerprint density at radius 1 is 1.11 bits per heavy atom. The fourth-order valence-corrected chi connectivity index (χ4v) is 4.30. The van der Waals surface area contributed by atoms with Gasteiger partial charge in [-0.2, -0.15) is 0 Å². The van der Waals surface area contributed by atoms with Gasteiger partial charge in [-0.05, 0) is 43.1 Å². The highest BCUT2D eigenvalue weighted by Gasteiger charge is 2.47. The third-order valence-corrected chi connectivity index (χ3v) is 5.58. The maximum absolute atomic E-state index is 11.0. The molecule has 1 nitrogen and oxygen atoms in total. The number of rotatable bonds is 3. The number of aliphatic hydroxyl groups is 1. The maximum atomic E-state index is 11.0. The number of hydrogen-bond acceptors (Lipinski definition) is 1. The molecule has 0 heterocycles. The lowest BCUT2D eigenvalue weighted by molar-refractivity contribution is -0.0309. The van der Waals surface area contributed by atoms with Crippen LogP contribution in [0.2, 0.25) is 0 Å². The third-order valence-electron chi connectivity index (χ3n) is 5.58. The van der Waals surface area contributed by atoms with Crippen molar-refractivity contribution in [2.75, 3.05) is 0 Å². The van der Waals surface area contributed by atoms with Crippen LogP contribution in [0.25, 0.3) is 0 Å². The fourth-order valence-electron chi connectivity index (χ4n) is 4.30. The van der Waals surface area contributed by atoms with Crippen LogP contribution in [-0.2, 0) is 5.41 Å². The Labute approximate surface area is 117 Å². The smallest absolute Gasteiger partial charge is 0.0664 e. The lowest BCUT2D eigenvalue weighted by Gasteiger charge is -2.50. The van der Waals surface area contributed by atoms with E-state index in [0.717, 1.165) is 5.92 Å². The first-order valence-corrected chi connectivity index (χ1v) is 7.96. The standard InChI is InChI=1S/C18H26O/c1-14-7-5-8-15(13-14)17(19)18(11-6-12-18)16-9-3-2-4-10-16/h2-4,9-10,14-15,17,19H,5-8,11-13H2,1H3. The highest BCUT2D eigenvalue weighted by atomic mass is 16.3. The van der Waals surface area contributed by atoms with E-state index in [4.69, 9.17) is 0 Å². The minimum atomic E-state index is -0.133. The first kappa shape index (κ1) is 13.2. The number of benzene rings is 1. The van der Waals surface area contributed by atoms with Crippen molar-refractivity contribution in [1.29, 1.82) is 0 Å². The molecule has 2 aliphatic carbocycles. The van der Waals surface area contributed by atoms with E-state index < -0.39 is 0 Å². The van der Waals surface area contributed by atoms with Gasteiger partial charge in [-0.1, -0.05) is 56.5 Å². The van der Waals surface area contributed by atoms with Crippen LogP contribution in [0, 0.1) is 11.8 Å². The average Bonchev–Trinajstić information content (AvgIpc) is 2.38. The zero-order valence-electron chi connectivity index (χ0n) is 12.0. The first-order valence-electron chi connectivity index (χ1n) is 7.96.